The van der Waals surface area contributed by atoms with E-state index in [0.717, 1.165) is 89.9 Å². The van der Waals surface area contributed by atoms with E-state index in [2.05, 4.69) is 98.9 Å². The quantitative estimate of drug-likeness (QED) is 0.0195. The van der Waals surface area contributed by atoms with Crippen molar-refractivity contribution in [1.29, 1.82) is 0 Å². The Hall–Kier alpha value is -2.81. The van der Waals surface area contributed by atoms with Gasteiger partial charge in [0, 0.05) is 12.8 Å². The molecular weight excluding hydrogens is 990 g/mol. The molecule has 2 atom stereocenters. The van der Waals surface area contributed by atoms with Gasteiger partial charge in [0.2, 0.25) is 0 Å². The highest BCUT2D eigenvalue weighted by molar-refractivity contribution is 7.45. The molecule has 0 saturated heterocycles. The first-order valence-electron chi connectivity index (χ1n) is 32.3. The van der Waals surface area contributed by atoms with E-state index in [9.17, 15) is 19.0 Å². The predicted molar refractivity (Wildman–Crippen MR) is 332 cm³/mol. The van der Waals surface area contributed by atoms with E-state index in [1.54, 1.807) is 0 Å². The summed E-state index contributed by atoms with van der Waals surface area (Å²) in [4.78, 5) is 37.9. The molecule has 0 N–H and O–H groups in total. The maximum Gasteiger partial charge on any atom is 0.306 e. The average Bonchev–Trinajstić information content (AvgIpc) is 3.41. The molecular formula is C68H122NO8P. The van der Waals surface area contributed by atoms with Crippen LogP contribution >= 0.6 is 7.82 Å². The molecule has 2 unspecified atom stereocenters. The second-order valence-corrected chi connectivity index (χ2v) is 24.2. The summed E-state index contributed by atoms with van der Waals surface area (Å²) in [5.74, 6) is -0.834. The third kappa shape index (κ3) is 62.4. The third-order valence-electron chi connectivity index (χ3n) is 13.9. The van der Waals surface area contributed by atoms with Crippen LogP contribution in [0.4, 0.5) is 0 Å². The fourth-order valence-electron chi connectivity index (χ4n) is 8.95. The van der Waals surface area contributed by atoms with Crippen LogP contribution in [-0.2, 0) is 32.7 Å². The van der Waals surface area contributed by atoms with Gasteiger partial charge in [-0.3, -0.25) is 14.2 Å². The molecule has 78 heavy (non-hydrogen) atoms. The number of carbonyl (C=O) groups excluding carboxylic acids is 2. The van der Waals surface area contributed by atoms with E-state index in [-0.39, 0.29) is 32.0 Å². The first kappa shape index (κ1) is 75.2. The van der Waals surface area contributed by atoms with E-state index in [1.807, 2.05) is 21.1 Å². The van der Waals surface area contributed by atoms with E-state index >= 15 is 0 Å². The van der Waals surface area contributed by atoms with Gasteiger partial charge in [0.1, 0.15) is 19.8 Å². The highest BCUT2D eigenvalue weighted by Gasteiger charge is 2.22. The number of phosphoric acid groups is 1. The number of likely N-dealkylation sites (N-methyl/N-ethyl adjacent to an activating group) is 1. The second kappa shape index (κ2) is 58.8. The topological polar surface area (TPSA) is 111 Å². The molecule has 452 valence electrons. The first-order chi connectivity index (χ1) is 38.0. The molecule has 9 nitrogen and oxygen atoms in total. The molecule has 0 heterocycles. The molecule has 10 heteroatoms. The monoisotopic (exact) mass is 1110 g/mol. The number of hydrogen-bond acceptors (Lipinski definition) is 8. The van der Waals surface area contributed by atoms with Gasteiger partial charge in [-0.25, -0.2) is 0 Å². The van der Waals surface area contributed by atoms with E-state index in [0.29, 0.717) is 17.4 Å². The van der Waals surface area contributed by atoms with Crippen molar-refractivity contribution in [2.45, 2.75) is 290 Å². The maximum atomic E-state index is 12.8. The average molecular weight is 1110 g/mol. The summed E-state index contributed by atoms with van der Waals surface area (Å²) >= 11 is 0. The number of unbranched alkanes of at least 4 members (excludes halogenated alkanes) is 31. The van der Waals surface area contributed by atoms with Gasteiger partial charge in [0.15, 0.2) is 6.10 Å². The SMILES string of the molecule is CC/C=C\C/C=C\C/C=C\C/C=C\C/C=C\CCCCCCCCCCCCCCCCCCCCCCCC(=O)OC(COC(=O)CCCCCCCCC/C=C\C/C=C\CCCCC)COP(=O)([O-])OCC[N+](C)(C)C. The Morgan fingerprint density at radius 2 is 0.731 bits per heavy atom. The highest BCUT2D eigenvalue weighted by atomic mass is 31.2. The van der Waals surface area contributed by atoms with Crippen LogP contribution in [0, 0.1) is 0 Å². The van der Waals surface area contributed by atoms with Crippen molar-refractivity contribution in [2.75, 3.05) is 47.5 Å². The number of ether oxygens (including phenoxy) is 2. The zero-order valence-corrected chi connectivity index (χ0v) is 52.2. The molecule has 0 rings (SSSR count). The van der Waals surface area contributed by atoms with Crippen LogP contribution in [0.25, 0.3) is 0 Å². The van der Waals surface area contributed by atoms with Gasteiger partial charge in [-0.15, -0.1) is 0 Å². The van der Waals surface area contributed by atoms with Crippen LogP contribution in [0.2, 0.25) is 0 Å². The Morgan fingerprint density at radius 3 is 1.09 bits per heavy atom. The van der Waals surface area contributed by atoms with Crippen molar-refractivity contribution in [2.24, 2.45) is 0 Å². The van der Waals surface area contributed by atoms with Crippen LogP contribution < -0.4 is 4.89 Å². The lowest BCUT2D eigenvalue weighted by Gasteiger charge is -2.28. The number of carbonyl (C=O) groups is 2. The molecule has 0 fully saturated rings. The molecule has 0 aromatic carbocycles. The van der Waals surface area contributed by atoms with Crippen LogP contribution in [-0.4, -0.2) is 70.0 Å². The zero-order chi connectivity index (χ0) is 57.0. The van der Waals surface area contributed by atoms with Crippen molar-refractivity contribution in [1.82, 2.24) is 0 Å². The minimum absolute atomic E-state index is 0.0331. The number of phosphoric ester groups is 1. The lowest BCUT2D eigenvalue weighted by atomic mass is 10.0. The van der Waals surface area contributed by atoms with Gasteiger partial charge in [-0.05, 0) is 89.9 Å². The summed E-state index contributed by atoms with van der Waals surface area (Å²) in [7, 11) is 1.17. The summed E-state index contributed by atoms with van der Waals surface area (Å²) in [6, 6.07) is 0. The van der Waals surface area contributed by atoms with Crippen molar-refractivity contribution >= 4 is 19.8 Å². The van der Waals surface area contributed by atoms with Gasteiger partial charge in [-0.2, -0.15) is 0 Å². The van der Waals surface area contributed by atoms with Gasteiger partial charge in [0.25, 0.3) is 7.82 Å². The smallest absolute Gasteiger partial charge is 0.306 e. The lowest BCUT2D eigenvalue weighted by Crippen LogP contribution is -2.37. The van der Waals surface area contributed by atoms with E-state index in [1.165, 1.54) is 161 Å². The Morgan fingerprint density at radius 1 is 0.410 bits per heavy atom. The van der Waals surface area contributed by atoms with Crippen molar-refractivity contribution in [3.8, 4) is 0 Å². The zero-order valence-electron chi connectivity index (χ0n) is 51.3. The number of allylic oxidation sites excluding steroid dienone is 14. The maximum absolute atomic E-state index is 12.8. The first-order valence-corrected chi connectivity index (χ1v) is 33.8. The summed E-state index contributed by atoms with van der Waals surface area (Å²) in [6.45, 7) is 4.11. The fourth-order valence-corrected chi connectivity index (χ4v) is 9.68. The van der Waals surface area contributed by atoms with Crippen molar-refractivity contribution in [3.63, 3.8) is 0 Å². The molecule has 0 amide bonds. The Kier molecular flexibility index (Phi) is 56.7. The highest BCUT2D eigenvalue weighted by Crippen LogP contribution is 2.38. The largest absolute Gasteiger partial charge is 0.756 e. The van der Waals surface area contributed by atoms with Crippen LogP contribution in [0.5, 0.6) is 0 Å². The van der Waals surface area contributed by atoms with Gasteiger partial charge < -0.3 is 27.9 Å². The molecule has 0 aliphatic heterocycles. The number of esters is 2. The number of rotatable bonds is 59. The summed E-state index contributed by atoms with van der Waals surface area (Å²) in [5, 5.41) is 0. The number of nitrogens with zero attached hydrogens (tertiary/aromatic N) is 1. The molecule has 0 spiro atoms. The van der Waals surface area contributed by atoms with Gasteiger partial charge >= 0.3 is 11.9 Å². The minimum Gasteiger partial charge on any atom is -0.756 e. The minimum atomic E-state index is -4.64. The fraction of sp³-hybridized carbons (Fsp3) is 0.765. The van der Waals surface area contributed by atoms with Crippen LogP contribution in [0.1, 0.15) is 284 Å². The van der Waals surface area contributed by atoms with E-state index in [4.69, 9.17) is 18.5 Å². The standard InChI is InChI=1S/C68H122NO8P/c1-6-8-10-12-14-16-18-20-22-24-25-26-27-28-29-30-31-32-33-34-35-36-37-38-39-40-41-42-43-45-47-49-51-53-55-57-59-61-68(71)77-66(65-76-78(72,73)75-63-62-69(3,4)5)64-74-67(70)60-58-56-54-52-50-48-46-44-23-21-19-17-15-13-11-9-7-2/h8,10,14-17,20-23,25-26,28-29,66H,6-7,9,11-13,18-19,24,27,30-65H2,1-5H3/b10-8-,16-14-,17-15-,22-20-,23-21-,26-25-,29-28-. The van der Waals surface area contributed by atoms with Gasteiger partial charge in [0.05, 0.1) is 27.7 Å². The third-order valence-corrected chi connectivity index (χ3v) is 14.9. The number of quaternary nitrogens is 1. The predicted octanol–water partition coefficient (Wildman–Crippen LogP) is 20.0. The Bertz CT molecular complexity index is 1590. The van der Waals surface area contributed by atoms with Crippen LogP contribution in [0.3, 0.4) is 0 Å². The Labute approximate surface area is 481 Å². The summed E-state index contributed by atoms with van der Waals surface area (Å²) < 4.78 is 34.2. The summed E-state index contributed by atoms with van der Waals surface area (Å²) in [6.07, 6.45) is 79.4. The van der Waals surface area contributed by atoms with Crippen molar-refractivity contribution in [3.05, 3.63) is 85.1 Å². The van der Waals surface area contributed by atoms with E-state index < -0.39 is 26.5 Å². The normalized spacial score (nSPS) is 13.8. The molecule has 0 aliphatic rings. The molecule has 0 aromatic heterocycles. The molecule has 0 saturated carbocycles. The van der Waals surface area contributed by atoms with Gasteiger partial charge in [-0.1, -0.05) is 266 Å². The molecule has 0 aliphatic carbocycles. The summed E-state index contributed by atoms with van der Waals surface area (Å²) in [5.41, 5.74) is 0. The molecule has 0 aromatic rings. The Balaban J connectivity index is 3.98. The van der Waals surface area contributed by atoms with Crippen molar-refractivity contribution < 1.29 is 42.1 Å². The lowest BCUT2D eigenvalue weighted by molar-refractivity contribution is -0.870. The number of hydrogen-bond donors (Lipinski definition) is 0. The molecule has 0 bridgehead atoms. The van der Waals surface area contributed by atoms with Crippen LogP contribution in [0.15, 0.2) is 85.1 Å². The second-order valence-electron chi connectivity index (χ2n) is 22.7. The molecule has 0 radical (unpaired) electrons.